The van der Waals surface area contributed by atoms with E-state index in [9.17, 15) is 5.11 Å². The van der Waals surface area contributed by atoms with E-state index in [1.165, 1.54) is 0 Å². The van der Waals surface area contributed by atoms with Gasteiger partial charge < -0.3 is 15.2 Å². The maximum atomic E-state index is 9.55. The average molecular weight is 274 g/mol. The van der Waals surface area contributed by atoms with E-state index in [1.54, 1.807) is 6.20 Å². The van der Waals surface area contributed by atoms with Gasteiger partial charge in [0.05, 0.1) is 12.1 Å². The number of ether oxygens (including phenoxy) is 1. The topological polar surface area (TPSA) is 54.4 Å². The fourth-order valence-corrected chi connectivity index (χ4v) is 2.01. The molecular formula is C16H22N2O2. The van der Waals surface area contributed by atoms with E-state index in [-0.39, 0.29) is 6.61 Å². The van der Waals surface area contributed by atoms with Crippen molar-refractivity contribution < 1.29 is 9.84 Å². The van der Waals surface area contributed by atoms with Gasteiger partial charge in [-0.25, -0.2) is 0 Å². The summed E-state index contributed by atoms with van der Waals surface area (Å²) in [5.74, 6) is 0.751. The molecule has 1 aromatic heterocycles. The molecule has 0 fully saturated rings. The van der Waals surface area contributed by atoms with Crippen molar-refractivity contribution in [2.45, 2.75) is 25.8 Å². The van der Waals surface area contributed by atoms with Crippen LogP contribution in [0.2, 0.25) is 0 Å². The van der Waals surface area contributed by atoms with Gasteiger partial charge in [-0.15, -0.1) is 0 Å². The summed E-state index contributed by atoms with van der Waals surface area (Å²) in [7, 11) is 0. The molecule has 0 aliphatic rings. The standard InChI is InChI=1S/C16H22N2O2/c1-3-9-18-16(2,11-19)12-20-14-8-4-6-13-7-5-10-17-15(13)14/h4-8,10,18-19H,3,9,11-12H2,1-2H3. The van der Waals surface area contributed by atoms with E-state index >= 15 is 0 Å². The SMILES string of the molecule is CCCNC(C)(CO)COc1cccc2cccnc12. The molecule has 0 spiro atoms. The van der Waals surface area contributed by atoms with Crippen molar-refractivity contribution in [3.8, 4) is 5.75 Å². The lowest BCUT2D eigenvalue weighted by molar-refractivity contribution is 0.117. The minimum absolute atomic E-state index is 0.0329. The predicted octanol–water partition coefficient (Wildman–Crippen LogP) is 2.36. The van der Waals surface area contributed by atoms with Crippen LogP contribution in [0.3, 0.4) is 0 Å². The van der Waals surface area contributed by atoms with Crippen LogP contribution in [0.4, 0.5) is 0 Å². The molecule has 4 nitrogen and oxygen atoms in total. The quantitative estimate of drug-likeness (QED) is 0.814. The molecule has 1 unspecified atom stereocenters. The first kappa shape index (κ1) is 14.8. The molecule has 2 N–H and O–H groups in total. The third kappa shape index (κ3) is 3.46. The molecule has 0 bridgehead atoms. The Balaban J connectivity index is 2.12. The molecule has 0 saturated heterocycles. The number of rotatable bonds is 7. The van der Waals surface area contributed by atoms with Crippen molar-refractivity contribution in [2.75, 3.05) is 19.8 Å². The van der Waals surface area contributed by atoms with Crippen LogP contribution in [-0.2, 0) is 0 Å². The summed E-state index contributed by atoms with van der Waals surface area (Å²) < 4.78 is 5.89. The number of aliphatic hydroxyl groups is 1. The molecule has 1 heterocycles. The highest BCUT2D eigenvalue weighted by molar-refractivity contribution is 5.84. The van der Waals surface area contributed by atoms with E-state index in [0.29, 0.717) is 6.61 Å². The number of nitrogens with one attached hydrogen (secondary N) is 1. The summed E-state index contributed by atoms with van der Waals surface area (Å²) in [6, 6.07) is 9.79. The fraction of sp³-hybridized carbons (Fsp3) is 0.438. The molecule has 1 aromatic carbocycles. The Morgan fingerprint density at radius 3 is 2.85 bits per heavy atom. The lowest BCUT2D eigenvalue weighted by Crippen LogP contribution is -2.50. The number of aromatic nitrogens is 1. The minimum Gasteiger partial charge on any atom is -0.489 e. The van der Waals surface area contributed by atoms with Gasteiger partial charge in [-0.2, -0.15) is 0 Å². The fourth-order valence-electron chi connectivity index (χ4n) is 2.01. The van der Waals surface area contributed by atoms with Crippen LogP contribution in [0.25, 0.3) is 10.9 Å². The van der Waals surface area contributed by atoms with Crippen LogP contribution in [0.1, 0.15) is 20.3 Å². The monoisotopic (exact) mass is 274 g/mol. The smallest absolute Gasteiger partial charge is 0.145 e. The van der Waals surface area contributed by atoms with Crippen LogP contribution in [0.15, 0.2) is 36.5 Å². The van der Waals surface area contributed by atoms with Gasteiger partial charge in [0.25, 0.3) is 0 Å². The van der Waals surface area contributed by atoms with E-state index in [4.69, 9.17) is 4.74 Å². The molecule has 1 atom stereocenters. The Kier molecular flexibility index (Phi) is 4.93. The molecule has 2 aromatic rings. The molecule has 0 aliphatic carbocycles. The highest BCUT2D eigenvalue weighted by Crippen LogP contribution is 2.23. The second kappa shape index (κ2) is 6.68. The number of pyridine rings is 1. The zero-order valence-corrected chi connectivity index (χ0v) is 12.1. The van der Waals surface area contributed by atoms with Crippen LogP contribution >= 0.6 is 0 Å². The Labute approximate surface area is 119 Å². The summed E-state index contributed by atoms with van der Waals surface area (Å²) in [6.07, 6.45) is 2.78. The molecule has 0 amide bonds. The normalized spacial score (nSPS) is 14.2. The minimum atomic E-state index is -0.438. The highest BCUT2D eigenvalue weighted by atomic mass is 16.5. The maximum Gasteiger partial charge on any atom is 0.145 e. The van der Waals surface area contributed by atoms with Gasteiger partial charge in [0.1, 0.15) is 17.9 Å². The molecule has 4 heteroatoms. The third-order valence-electron chi connectivity index (χ3n) is 3.29. The summed E-state index contributed by atoms with van der Waals surface area (Å²) in [5.41, 5.74) is 0.415. The first-order valence-electron chi connectivity index (χ1n) is 7.01. The Hall–Kier alpha value is -1.65. The molecule has 2 rings (SSSR count). The van der Waals surface area contributed by atoms with E-state index in [0.717, 1.165) is 29.6 Å². The van der Waals surface area contributed by atoms with E-state index in [2.05, 4.69) is 17.2 Å². The van der Waals surface area contributed by atoms with Gasteiger partial charge in [0, 0.05) is 11.6 Å². The number of nitrogens with zero attached hydrogens (tertiary/aromatic N) is 1. The maximum absolute atomic E-state index is 9.55. The second-order valence-corrected chi connectivity index (χ2v) is 5.27. The van der Waals surface area contributed by atoms with Gasteiger partial charge in [0.2, 0.25) is 0 Å². The van der Waals surface area contributed by atoms with E-state index in [1.807, 2.05) is 37.3 Å². The first-order valence-corrected chi connectivity index (χ1v) is 7.01. The van der Waals surface area contributed by atoms with Crippen LogP contribution < -0.4 is 10.1 Å². The number of fused-ring (bicyclic) bond motifs is 1. The first-order chi connectivity index (χ1) is 9.68. The predicted molar refractivity (Wildman–Crippen MR) is 81.0 cm³/mol. The van der Waals surface area contributed by atoms with Gasteiger partial charge in [-0.3, -0.25) is 4.98 Å². The Bertz CT molecular complexity index is 554. The third-order valence-corrected chi connectivity index (χ3v) is 3.29. The van der Waals surface area contributed by atoms with E-state index < -0.39 is 5.54 Å². The Morgan fingerprint density at radius 2 is 2.10 bits per heavy atom. The number of benzene rings is 1. The van der Waals surface area contributed by atoms with Crippen molar-refractivity contribution >= 4 is 10.9 Å². The average Bonchev–Trinajstić information content (AvgIpc) is 2.51. The zero-order chi connectivity index (χ0) is 14.4. The van der Waals surface area contributed by atoms with Crippen molar-refractivity contribution in [1.29, 1.82) is 0 Å². The van der Waals surface area contributed by atoms with Gasteiger partial charge >= 0.3 is 0 Å². The highest BCUT2D eigenvalue weighted by Gasteiger charge is 2.23. The van der Waals surface area contributed by atoms with Crippen molar-refractivity contribution in [3.63, 3.8) is 0 Å². The number of aliphatic hydroxyl groups excluding tert-OH is 1. The number of para-hydroxylation sites is 1. The zero-order valence-electron chi connectivity index (χ0n) is 12.1. The molecule has 108 valence electrons. The van der Waals surface area contributed by atoms with Gasteiger partial charge in [-0.05, 0) is 32.0 Å². The second-order valence-electron chi connectivity index (χ2n) is 5.27. The molecule has 20 heavy (non-hydrogen) atoms. The summed E-state index contributed by atoms with van der Waals surface area (Å²) >= 11 is 0. The lowest BCUT2D eigenvalue weighted by atomic mass is 10.1. The number of hydrogen-bond donors (Lipinski definition) is 2. The lowest BCUT2D eigenvalue weighted by Gasteiger charge is -2.28. The summed E-state index contributed by atoms with van der Waals surface area (Å²) in [6.45, 7) is 5.35. The van der Waals surface area contributed by atoms with Crippen molar-refractivity contribution in [2.24, 2.45) is 0 Å². The van der Waals surface area contributed by atoms with Crippen molar-refractivity contribution in [1.82, 2.24) is 10.3 Å². The van der Waals surface area contributed by atoms with Gasteiger partial charge in [-0.1, -0.05) is 25.1 Å². The van der Waals surface area contributed by atoms with Crippen LogP contribution in [0, 0.1) is 0 Å². The molecule has 0 aliphatic heterocycles. The molecule has 0 saturated carbocycles. The summed E-state index contributed by atoms with van der Waals surface area (Å²) in [5, 5.41) is 13.9. The molecular weight excluding hydrogens is 252 g/mol. The Morgan fingerprint density at radius 1 is 1.30 bits per heavy atom. The van der Waals surface area contributed by atoms with Crippen LogP contribution in [0.5, 0.6) is 5.75 Å². The van der Waals surface area contributed by atoms with Gasteiger partial charge in [0.15, 0.2) is 0 Å². The number of hydrogen-bond acceptors (Lipinski definition) is 4. The largest absolute Gasteiger partial charge is 0.489 e. The summed E-state index contributed by atoms with van der Waals surface area (Å²) in [4.78, 5) is 4.36. The van der Waals surface area contributed by atoms with Crippen LogP contribution in [-0.4, -0.2) is 35.4 Å². The van der Waals surface area contributed by atoms with Crippen molar-refractivity contribution in [3.05, 3.63) is 36.5 Å². The molecule has 0 radical (unpaired) electrons.